The van der Waals surface area contributed by atoms with E-state index in [1.54, 1.807) is 0 Å². The standard InChI is InChI=1S/C15H31N3O2.ClH/c1-3-4-5-6-7-8-9-10-11-12-13-17-15(16)18-20-14(2)19;/h3-13H2,1-2H3,(H3,16,17,18);1H. The van der Waals surface area contributed by atoms with Crippen molar-refractivity contribution in [2.24, 2.45) is 10.7 Å². The Morgan fingerprint density at radius 2 is 1.48 bits per heavy atom. The van der Waals surface area contributed by atoms with Crippen molar-refractivity contribution in [2.45, 2.75) is 78.1 Å². The Bertz CT molecular complexity index is 274. The molecule has 0 spiro atoms. The van der Waals surface area contributed by atoms with E-state index in [2.05, 4.69) is 22.2 Å². The summed E-state index contributed by atoms with van der Waals surface area (Å²) in [5.41, 5.74) is 7.80. The molecule has 126 valence electrons. The number of hydrogen-bond donors (Lipinski definition) is 2. The van der Waals surface area contributed by atoms with E-state index in [1.165, 1.54) is 64.7 Å². The van der Waals surface area contributed by atoms with Crippen LogP contribution in [0.1, 0.15) is 78.1 Å². The Labute approximate surface area is 135 Å². The number of guanidine groups is 1. The van der Waals surface area contributed by atoms with Crippen LogP contribution < -0.4 is 11.2 Å². The van der Waals surface area contributed by atoms with Gasteiger partial charge in [-0.05, 0) is 6.42 Å². The Morgan fingerprint density at radius 3 is 1.95 bits per heavy atom. The molecule has 0 aliphatic rings. The van der Waals surface area contributed by atoms with Gasteiger partial charge in [0.05, 0.1) is 0 Å². The van der Waals surface area contributed by atoms with Crippen LogP contribution in [0.5, 0.6) is 0 Å². The van der Waals surface area contributed by atoms with Crippen molar-refractivity contribution < 1.29 is 9.63 Å². The summed E-state index contributed by atoms with van der Waals surface area (Å²) in [4.78, 5) is 19.1. The lowest BCUT2D eigenvalue weighted by Gasteiger charge is -2.03. The highest BCUT2D eigenvalue weighted by atomic mass is 35.5. The quantitative estimate of drug-likeness (QED) is 0.263. The molecule has 0 radical (unpaired) electrons. The number of halogens is 1. The van der Waals surface area contributed by atoms with E-state index in [-0.39, 0.29) is 18.4 Å². The largest absolute Gasteiger partial charge is 0.368 e. The van der Waals surface area contributed by atoms with Crippen LogP contribution in [0.15, 0.2) is 4.99 Å². The van der Waals surface area contributed by atoms with E-state index in [4.69, 9.17) is 5.73 Å². The van der Waals surface area contributed by atoms with Crippen LogP contribution in [0.3, 0.4) is 0 Å². The monoisotopic (exact) mass is 321 g/mol. The maximum absolute atomic E-state index is 10.5. The molecule has 0 aliphatic carbocycles. The highest BCUT2D eigenvalue weighted by molar-refractivity contribution is 5.85. The van der Waals surface area contributed by atoms with Gasteiger partial charge in [-0.1, -0.05) is 64.7 Å². The van der Waals surface area contributed by atoms with Crippen molar-refractivity contribution in [2.75, 3.05) is 6.54 Å². The first kappa shape index (κ1) is 22.3. The third-order valence-electron chi connectivity index (χ3n) is 3.09. The van der Waals surface area contributed by atoms with Crippen LogP contribution in [0.25, 0.3) is 0 Å². The molecule has 0 saturated carbocycles. The summed E-state index contributed by atoms with van der Waals surface area (Å²) in [6.07, 6.45) is 13.0. The number of hydroxylamine groups is 1. The Morgan fingerprint density at radius 1 is 1.00 bits per heavy atom. The van der Waals surface area contributed by atoms with Gasteiger partial charge in [-0.25, -0.2) is 0 Å². The first-order valence-electron chi connectivity index (χ1n) is 7.90. The SMILES string of the molecule is CCCCCCCCCCCCN=C(N)NOC(C)=O.Cl. The Kier molecular flexibility index (Phi) is 18.2. The minimum Gasteiger partial charge on any atom is -0.368 e. The van der Waals surface area contributed by atoms with E-state index >= 15 is 0 Å². The fourth-order valence-corrected chi connectivity index (χ4v) is 1.96. The summed E-state index contributed by atoms with van der Waals surface area (Å²) in [5.74, 6) is -0.266. The maximum atomic E-state index is 10.5. The third-order valence-corrected chi connectivity index (χ3v) is 3.09. The van der Waals surface area contributed by atoms with E-state index in [0.29, 0.717) is 6.54 Å². The van der Waals surface area contributed by atoms with E-state index < -0.39 is 5.97 Å². The third kappa shape index (κ3) is 19.0. The van der Waals surface area contributed by atoms with Gasteiger partial charge in [0.2, 0.25) is 5.96 Å². The van der Waals surface area contributed by atoms with Gasteiger partial charge < -0.3 is 10.6 Å². The summed E-state index contributed by atoms with van der Waals surface area (Å²) in [7, 11) is 0. The smallest absolute Gasteiger partial charge is 0.329 e. The number of unbranched alkanes of at least 4 members (excludes halogenated alkanes) is 9. The van der Waals surface area contributed by atoms with Crippen molar-refractivity contribution in [3.8, 4) is 0 Å². The van der Waals surface area contributed by atoms with Crippen molar-refractivity contribution in [1.29, 1.82) is 0 Å². The second kappa shape index (κ2) is 17.1. The zero-order valence-electron chi connectivity index (χ0n) is 13.5. The first-order chi connectivity index (χ1) is 9.66. The number of hydrogen-bond acceptors (Lipinski definition) is 3. The number of aliphatic imine (C=N–C) groups is 1. The zero-order valence-corrected chi connectivity index (χ0v) is 14.3. The number of carbonyl (C=O) groups excluding carboxylic acids is 1. The number of nitrogens with zero attached hydrogens (tertiary/aromatic N) is 1. The molecule has 3 N–H and O–H groups in total. The molecule has 0 aromatic rings. The molecule has 0 amide bonds. The Hall–Kier alpha value is -0.970. The van der Waals surface area contributed by atoms with E-state index in [9.17, 15) is 4.79 Å². The molecule has 0 aromatic heterocycles. The van der Waals surface area contributed by atoms with Crippen LogP contribution in [0.4, 0.5) is 0 Å². The predicted molar refractivity (Wildman–Crippen MR) is 90.5 cm³/mol. The average Bonchev–Trinajstić information content (AvgIpc) is 2.42. The average molecular weight is 322 g/mol. The van der Waals surface area contributed by atoms with Gasteiger partial charge in [0.15, 0.2) is 0 Å². The molecule has 5 nitrogen and oxygen atoms in total. The summed E-state index contributed by atoms with van der Waals surface area (Å²) in [5, 5.41) is 0. The molecule has 0 saturated heterocycles. The predicted octanol–water partition coefficient (Wildman–Crippen LogP) is 3.71. The fourth-order valence-electron chi connectivity index (χ4n) is 1.96. The number of rotatable bonds is 11. The molecular formula is C15H32ClN3O2. The second-order valence-corrected chi connectivity index (χ2v) is 5.14. The van der Waals surface area contributed by atoms with Crippen LogP contribution in [0, 0.1) is 0 Å². The lowest BCUT2D eigenvalue weighted by atomic mass is 10.1. The fraction of sp³-hybridized carbons (Fsp3) is 0.867. The van der Waals surface area contributed by atoms with Gasteiger partial charge in [-0.3, -0.25) is 9.79 Å². The van der Waals surface area contributed by atoms with Crippen LogP contribution in [-0.2, 0) is 9.63 Å². The van der Waals surface area contributed by atoms with Crippen LogP contribution in [-0.4, -0.2) is 18.5 Å². The van der Waals surface area contributed by atoms with Gasteiger partial charge in [0, 0.05) is 13.5 Å². The second-order valence-electron chi connectivity index (χ2n) is 5.14. The van der Waals surface area contributed by atoms with Crippen LogP contribution in [0.2, 0.25) is 0 Å². The zero-order chi connectivity index (χ0) is 15.1. The molecule has 0 heterocycles. The number of carbonyl (C=O) groups is 1. The minimum absolute atomic E-state index is 0. The summed E-state index contributed by atoms with van der Waals surface area (Å²) in [6, 6.07) is 0. The van der Waals surface area contributed by atoms with Gasteiger partial charge in [-0.2, -0.15) is 5.48 Å². The molecule has 0 aromatic carbocycles. The molecule has 0 aliphatic heterocycles. The van der Waals surface area contributed by atoms with Crippen molar-refractivity contribution in [3.05, 3.63) is 0 Å². The van der Waals surface area contributed by atoms with Gasteiger partial charge in [-0.15, -0.1) is 12.4 Å². The molecule has 0 fully saturated rings. The molecule has 0 atom stereocenters. The molecule has 6 heteroatoms. The number of nitrogens with one attached hydrogen (secondary N) is 1. The molecular weight excluding hydrogens is 290 g/mol. The first-order valence-corrected chi connectivity index (χ1v) is 7.90. The summed E-state index contributed by atoms with van der Waals surface area (Å²) in [6.45, 7) is 4.23. The maximum Gasteiger partial charge on any atom is 0.329 e. The minimum atomic E-state index is -0.429. The lowest BCUT2D eigenvalue weighted by molar-refractivity contribution is -0.145. The highest BCUT2D eigenvalue weighted by Crippen LogP contribution is 2.10. The lowest BCUT2D eigenvalue weighted by Crippen LogP contribution is -2.33. The summed E-state index contributed by atoms with van der Waals surface area (Å²) < 4.78 is 0. The molecule has 21 heavy (non-hydrogen) atoms. The molecule has 0 unspecified atom stereocenters. The molecule has 0 bridgehead atoms. The number of nitrogens with two attached hydrogens (primary N) is 1. The van der Waals surface area contributed by atoms with Gasteiger partial charge in [0.25, 0.3) is 0 Å². The molecule has 0 rings (SSSR count). The van der Waals surface area contributed by atoms with Crippen LogP contribution >= 0.6 is 12.4 Å². The van der Waals surface area contributed by atoms with Crippen molar-refractivity contribution >= 4 is 24.3 Å². The summed E-state index contributed by atoms with van der Waals surface area (Å²) >= 11 is 0. The highest BCUT2D eigenvalue weighted by Gasteiger charge is 1.95. The Balaban J connectivity index is 0. The van der Waals surface area contributed by atoms with Gasteiger partial charge >= 0.3 is 5.97 Å². The normalized spacial score (nSPS) is 10.9. The topological polar surface area (TPSA) is 76.7 Å². The van der Waals surface area contributed by atoms with E-state index in [1.807, 2.05) is 0 Å². The van der Waals surface area contributed by atoms with Crippen molar-refractivity contribution in [1.82, 2.24) is 5.48 Å². The van der Waals surface area contributed by atoms with Crippen molar-refractivity contribution in [3.63, 3.8) is 0 Å². The van der Waals surface area contributed by atoms with E-state index in [0.717, 1.165) is 6.42 Å². The van der Waals surface area contributed by atoms with Gasteiger partial charge in [0.1, 0.15) is 0 Å².